The first-order valence-electron chi connectivity index (χ1n) is 10.8. The zero-order valence-corrected chi connectivity index (χ0v) is 20.6. The van der Waals surface area contributed by atoms with Crippen molar-refractivity contribution in [3.05, 3.63) is 66.2 Å². The van der Waals surface area contributed by atoms with Crippen LogP contribution in [0, 0.1) is 0 Å². The fourth-order valence-corrected chi connectivity index (χ4v) is 3.96. The highest BCUT2D eigenvalue weighted by Gasteiger charge is 2.13. The van der Waals surface area contributed by atoms with E-state index >= 15 is 0 Å². The number of sulfonamides is 1. The highest BCUT2D eigenvalue weighted by atomic mass is 32.2. The van der Waals surface area contributed by atoms with Crippen molar-refractivity contribution in [2.75, 3.05) is 44.9 Å². The first kappa shape index (κ1) is 26.1. The maximum Gasteiger partial charge on any atom is 0.229 e. The van der Waals surface area contributed by atoms with E-state index in [9.17, 15) is 18.6 Å². The zero-order chi connectivity index (χ0) is 25.4. The van der Waals surface area contributed by atoms with E-state index < -0.39 is 16.1 Å². The molecule has 0 aromatic heterocycles. The van der Waals surface area contributed by atoms with Crippen LogP contribution in [0.5, 0.6) is 23.0 Å². The van der Waals surface area contributed by atoms with Gasteiger partial charge in [-0.15, -0.1) is 0 Å². The third kappa shape index (κ3) is 7.51. The molecule has 0 fully saturated rings. The summed E-state index contributed by atoms with van der Waals surface area (Å²) < 4.78 is 41.4. The molecular formula is C25H30N2O7S. The number of methoxy groups -OCH3 is 2. The normalized spacial score (nSPS) is 12.1. The highest BCUT2D eigenvalue weighted by Crippen LogP contribution is 2.33. The van der Waals surface area contributed by atoms with Crippen LogP contribution in [-0.2, 0) is 10.0 Å². The molecule has 0 spiro atoms. The number of ether oxygens (including phenoxy) is 3. The van der Waals surface area contributed by atoms with Crippen LogP contribution >= 0.6 is 0 Å². The number of anilines is 1. The van der Waals surface area contributed by atoms with Crippen LogP contribution in [0.3, 0.4) is 0 Å². The van der Waals surface area contributed by atoms with Gasteiger partial charge in [-0.25, -0.2) is 8.42 Å². The third-order valence-corrected chi connectivity index (χ3v) is 5.75. The first-order valence-corrected chi connectivity index (χ1v) is 12.7. The molecule has 3 rings (SSSR count). The van der Waals surface area contributed by atoms with Gasteiger partial charge in [0.1, 0.15) is 18.1 Å². The summed E-state index contributed by atoms with van der Waals surface area (Å²) in [5.74, 6) is 1.83. The minimum absolute atomic E-state index is 0.0175. The SMILES string of the molecule is COc1ccc(-c2ccc(OCCNC[C@H](O)c3ccc(O)c(NS(C)(=O)=O)c3)cc2)cc1OC. The maximum absolute atomic E-state index is 11.4. The number of aromatic hydroxyl groups is 1. The molecule has 0 aliphatic carbocycles. The van der Waals surface area contributed by atoms with Crippen LogP contribution in [0.1, 0.15) is 11.7 Å². The van der Waals surface area contributed by atoms with E-state index in [1.807, 2.05) is 42.5 Å². The summed E-state index contributed by atoms with van der Waals surface area (Å²) in [7, 11) is -0.352. The smallest absolute Gasteiger partial charge is 0.229 e. The van der Waals surface area contributed by atoms with E-state index in [1.165, 1.54) is 18.2 Å². The number of phenols is 1. The Morgan fingerprint density at radius 2 is 1.60 bits per heavy atom. The number of hydrogen-bond acceptors (Lipinski definition) is 8. The molecule has 0 saturated carbocycles. The van der Waals surface area contributed by atoms with Gasteiger partial charge >= 0.3 is 0 Å². The average Bonchev–Trinajstić information content (AvgIpc) is 2.84. The van der Waals surface area contributed by atoms with Crippen molar-refractivity contribution < 1.29 is 32.8 Å². The third-order valence-electron chi connectivity index (χ3n) is 5.16. The minimum Gasteiger partial charge on any atom is -0.506 e. The topological polar surface area (TPSA) is 126 Å². The van der Waals surface area contributed by atoms with Gasteiger partial charge in [0.2, 0.25) is 10.0 Å². The molecular weight excluding hydrogens is 472 g/mol. The molecule has 0 bridgehead atoms. The van der Waals surface area contributed by atoms with Crippen LogP contribution in [0.2, 0.25) is 0 Å². The zero-order valence-electron chi connectivity index (χ0n) is 19.8. The second kappa shape index (κ2) is 11.8. The van der Waals surface area contributed by atoms with Gasteiger partial charge in [-0.1, -0.05) is 24.3 Å². The van der Waals surface area contributed by atoms with Gasteiger partial charge in [0.05, 0.1) is 32.3 Å². The Morgan fingerprint density at radius 3 is 2.26 bits per heavy atom. The minimum atomic E-state index is -3.55. The fraction of sp³-hybridized carbons (Fsp3) is 0.280. The van der Waals surface area contributed by atoms with Crippen LogP contribution in [0.25, 0.3) is 11.1 Å². The van der Waals surface area contributed by atoms with Gasteiger partial charge in [-0.2, -0.15) is 0 Å². The molecule has 35 heavy (non-hydrogen) atoms. The predicted octanol–water partition coefficient (Wildman–Crippen LogP) is 3.15. The summed E-state index contributed by atoms with van der Waals surface area (Å²) >= 11 is 0. The van der Waals surface area contributed by atoms with Crippen molar-refractivity contribution >= 4 is 15.7 Å². The molecule has 10 heteroatoms. The summed E-state index contributed by atoms with van der Waals surface area (Å²) in [5.41, 5.74) is 2.49. The first-order chi connectivity index (χ1) is 16.7. The van der Waals surface area contributed by atoms with E-state index in [1.54, 1.807) is 14.2 Å². The monoisotopic (exact) mass is 502 g/mol. The van der Waals surface area contributed by atoms with Crippen molar-refractivity contribution in [1.82, 2.24) is 5.32 Å². The number of benzene rings is 3. The molecule has 0 saturated heterocycles. The molecule has 9 nitrogen and oxygen atoms in total. The van der Waals surface area contributed by atoms with Crippen LogP contribution in [0.4, 0.5) is 5.69 Å². The standard InChI is InChI=1S/C25H30N2O7S/c1-32-24-11-7-18(15-25(24)33-2)17-4-8-20(9-5-17)34-13-12-26-16-23(29)19-6-10-22(28)21(14-19)27-35(3,30)31/h4-11,14-15,23,26-29H,12-13,16H2,1-3H3/t23-/m0/s1. The van der Waals surface area contributed by atoms with E-state index in [2.05, 4.69) is 10.0 Å². The van der Waals surface area contributed by atoms with Gasteiger partial charge in [0.15, 0.2) is 11.5 Å². The van der Waals surface area contributed by atoms with Gasteiger partial charge in [-0.3, -0.25) is 4.72 Å². The molecule has 4 N–H and O–H groups in total. The van der Waals surface area contributed by atoms with Crippen LogP contribution in [-0.4, -0.2) is 58.8 Å². The van der Waals surface area contributed by atoms with Gasteiger partial charge < -0.3 is 29.7 Å². The summed E-state index contributed by atoms with van der Waals surface area (Å²) in [6.45, 7) is 1.10. The molecule has 0 aliphatic rings. The predicted molar refractivity (Wildman–Crippen MR) is 135 cm³/mol. The summed E-state index contributed by atoms with van der Waals surface area (Å²) in [6.07, 6.45) is 0.0948. The van der Waals surface area contributed by atoms with Crippen molar-refractivity contribution in [1.29, 1.82) is 0 Å². The summed E-state index contributed by atoms with van der Waals surface area (Å²) in [4.78, 5) is 0. The van der Waals surface area contributed by atoms with E-state index in [0.717, 1.165) is 17.4 Å². The summed E-state index contributed by atoms with van der Waals surface area (Å²) in [5, 5.41) is 23.3. The lowest BCUT2D eigenvalue weighted by Crippen LogP contribution is -2.26. The van der Waals surface area contributed by atoms with Gasteiger partial charge in [-0.05, 0) is 53.1 Å². The Morgan fingerprint density at radius 1 is 0.914 bits per heavy atom. The fourth-order valence-electron chi connectivity index (χ4n) is 3.40. The van der Waals surface area contributed by atoms with E-state index in [4.69, 9.17) is 14.2 Å². The quantitative estimate of drug-likeness (QED) is 0.220. The van der Waals surface area contributed by atoms with Crippen molar-refractivity contribution in [3.8, 4) is 34.1 Å². The molecule has 0 radical (unpaired) electrons. The van der Waals surface area contributed by atoms with Crippen LogP contribution < -0.4 is 24.2 Å². The van der Waals surface area contributed by atoms with E-state index in [-0.39, 0.29) is 18.0 Å². The number of rotatable bonds is 12. The Hall–Kier alpha value is -3.47. The lowest BCUT2D eigenvalue weighted by atomic mass is 10.1. The van der Waals surface area contributed by atoms with Gasteiger partial charge in [0.25, 0.3) is 0 Å². The molecule has 0 unspecified atom stereocenters. The Bertz CT molecular complexity index is 1230. The second-order valence-corrected chi connectivity index (χ2v) is 9.56. The number of hydrogen-bond donors (Lipinski definition) is 4. The van der Waals surface area contributed by atoms with E-state index in [0.29, 0.717) is 36.0 Å². The Kier molecular flexibility index (Phi) is 8.80. The Labute approximate surface area is 205 Å². The Balaban J connectivity index is 1.47. The summed E-state index contributed by atoms with van der Waals surface area (Å²) in [6, 6.07) is 17.7. The number of aliphatic hydroxyl groups excluding tert-OH is 1. The molecule has 3 aromatic rings. The number of phenolic OH excluding ortho intramolecular Hbond substituents is 1. The lowest BCUT2D eigenvalue weighted by molar-refractivity contribution is 0.172. The van der Waals surface area contributed by atoms with Crippen molar-refractivity contribution in [3.63, 3.8) is 0 Å². The molecule has 0 heterocycles. The second-order valence-electron chi connectivity index (χ2n) is 7.81. The molecule has 188 valence electrons. The lowest BCUT2D eigenvalue weighted by Gasteiger charge is -2.15. The van der Waals surface area contributed by atoms with Gasteiger partial charge in [0, 0.05) is 13.1 Å². The molecule has 1 atom stereocenters. The number of aliphatic hydroxyl groups is 1. The molecule has 0 amide bonds. The largest absolute Gasteiger partial charge is 0.506 e. The molecule has 0 aliphatic heterocycles. The molecule has 3 aromatic carbocycles. The van der Waals surface area contributed by atoms with Crippen molar-refractivity contribution in [2.45, 2.75) is 6.10 Å². The highest BCUT2D eigenvalue weighted by molar-refractivity contribution is 7.92. The maximum atomic E-state index is 11.4. The number of nitrogens with one attached hydrogen (secondary N) is 2. The van der Waals surface area contributed by atoms with Crippen molar-refractivity contribution in [2.24, 2.45) is 0 Å². The average molecular weight is 503 g/mol. The van der Waals surface area contributed by atoms with Crippen LogP contribution in [0.15, 0.2) is 60.7 Å².